The van der Waals surface area contributed by atoms with Gasteiger partial charge in [0.1, 0.15) is 5.82 Å². The second kappa shape index (κ2) is 5.14. The molecule has 0 aliphatic carbocycles. The molecule has 1 fully saturated rings. The molecular weight excluding hydrogens is 282 g/mol. The molecule has 2 heterocycles. The van der Waals surface area contributed by atoms with Crippen molar-refractivity contribution in [1.82, 2.24) is 10.3 Å². The van der Waals surface area contributed by atoms with E-state index in [9.17, 15) is 4.79 Å². The second-order valence-corrected chi connectivity index (χ2v) is 5.25. The summed E-state index contributed by atoms with van der Waals surface area (Å²) in [7, 11) is 0. The molecule has 4 nitrogen and oxygen atoms in total. The lowest BCUT2D eigenvalue weighted by atomic mass is 10.0. The van der Waals surface area contributed by atoms with Crippen molar-refractivity contribution in [2.24, 2.45) is 5.92 Å². The number of carbonyl (C=O) groups excluding carboxylic acids is 1. The predicted octanol–water partition coefficient (Wildman–Crippen LogP) is 2.09. The van der Waals surface area contributed by atoms with Crippen LogP contribution in [0, 0.1) is 12.8 Å². The van der Waals surface area contributed by atoms with E-state index >= 15 is 0 Å². The number of nitrogens with zero attached hydrogens (tertiary/aromatic N) is 1. The van der Waals surface area contributed by atoms with Crippen LogP contribution < -0.4 is 10.6 Å². The quantitative estimate of drug-likeness (QED) is 0.879. The zero-order valence-electron chi connectivity index (χ0n) is 9.96. The van der Waals surface area contributed by atoms with E-state index in [2.05, 4.69) is 31.5 Å². The minimum absolute atomic E-state index is 0.0424. The summed E-state index contributed by atoms with van der Waals surface area (Å²) in [6.45, 7) is 4.85. The van der Waals surface area contributed by atoms with E-state index in [1.165, 1.54) is 0 Å². The van der Waals surface area contributed by atoms with Gasteiger partial charge in [0, 0.05) is 10.5 Å². The topological polar surface area (TPSA) is 54.0 Å². The number of amides is 1. The Labute approximate surface area is 109 Å². The highest BCUT2D eigenvalue weighted by Crippen LogP contribution is 2.19. The van der Waals surface area contributed by atoms with Crippen molar-refractivity contribution in [3.05, 3.63) is 22.3 Å². The van der Waals surface area contributed by atoms with Crippen LogP contribution in [0.15, 0.2) is 16.6 Å². The average molecular weight is 298 g/mol. The van der Waals surface area contributed by atoms with Gasteiger partial charge in [-0.15, -0.1) is 0 Å². The molecule has 1 aromatic heterocycles. The third-order valence-corrected chi connectivity index (χ3v) is 3.97. The molecule has 0 spiro atoms. The fourth-order valence-electron chi connectivity index (χ4n) is 2.05. The van der Waals surface area contributed by atoms with Gasteiger partial charge in [0.05, 0.1) is 11.6 Å². The maximum absolute atomic E-state index is 12.0. The van der Waals surface area contributed by atoms with E-state index in [-0.39, 0.29) is 17.9 Å². The summed E-state index contributed by atoms with van der Waals surface area (Å²) >= 11 is 3.39. The molecule has 2 rings (SSSR count). The molecule has 5 heteroatoms. The smallest absolute Gasteiger partial charge is 0.230 e. The highest BCUT2D eigenvalue weighted by molar-refractivity contribution is 9.10. The van der Waals surface area contributed by atoms with Gasteiger partial charge in [-0.05, 0) is 54.9 Å². The molecule has 0 bridgehead atoms. The van der Waals surface area contributed by atoms with E-state index in [0.29, 0.717) is 5.82 Å². The third-order valence-electron chi connectivity index (χ3n) is 3.13. The first-order valence-corrected chi connectivity index (χ1v) is 6.54. The summed E-state index contributed by atoms with van der Waals surface area (Å²) in [5, 5.41) is 6.14. The first-order chi connectivity index (χ1) is 8.08. The number of aryl methyl sites for hydroxylation is 1. The Morgan fingerprint density at radius 2 is 2.35 bits per heavy atom. The lowest BCUT2D eigenvalue weighted by molar-refractivity contribution is -0.120. The molecule has 2 atom stereocenters. The zero-order chi connectivity index (χ0) is 12.4. The van der Waals surface area contributed by atoms with E-state index in [1.807, 2.05) is 26.0 Å². The van der Waals surface area contributed by atoms with Gasteiger partial charge >= 0.3 is 0 Å². The largest absolute Gasteiger partial charge is 0.313 e. The molecule has 0 radical (unpaired) electrons. The summed E-state index contributed by atoms with van der Waals surface area (Å²) in [5.41, 5.74) is 0.875. The van der Waals surface area contributed by atoms with Crippen molar-refractivity contribution < 1.29 is 4.79 Å². The Morgan fingerprint density at radius 3 is 2.94 bits per heavy atom. The Balaban J connectivity index is 2.05. The normalized spacial score (nSPS) is 23.7. The first kappa shape index (κ1) is 12.5. The fraction of sp³-hybridized carbons (Fsp3) is 0.500. The zero-order valence-corrected chi connectivity index (χ0v) is 11.5. The monoisotopic (exact) mass is 297 g/mol. The van der Waals surface area contributed by atoms with Gasteiger partial charge in [-0.25, -0.2) is 4.98 Å². The van der Waals surface area contributed by atoms with Crippen molar-refractivity contribution in [1.29, 1.82) is 0 Å². The molecule has 92 valence electrons. The van der Waals surface area contributed by atoms with Crippen molar-refractivity contribution in [2.75, 3.05) is 11.9 Å². The van der Waals surface area contributed by atoms with E-state index in [0.717, 1.165) is 23.1 Å². The Hall–Kier alpha value is -0.940. The van der Waals surface area contributed by atoms with Gasteiger partial charge in [-0.1, -0.05) is 0 Å². The molecule has 0 aromatic carbocycles. The van der Waals surface area contributed by atoms with Gasteiger partial charge in [-0.3, -0.25) is 4.79 Å². The summed E-state index contributed by atoms with van der Waals surface area (Å²) in [5.74, 6) is 0.715. The minimum Gasteiger partial charge on any atom is -0.313 e. The van der Waals surface area contributed by atoms with Crippen molar-refractivity contribution in [3.8, 4) is 0 Å². The first-order valence-electron chi connectivity index (χ1n) is 5.75. The number of halogens is 1. The Bertz CT molecular complexity index is 436. The molecule has 17 heavy (non-hydrogen) atoms. The second-order valence-electron chi connectivity index (χ2n) is 4.39. The van der Waals surface area contributed by atoms with Crippen LogP contribution in [-0.4, -0.2) is 23.5 Å². The number of hydrogen-bond acceptors (Lipinski definition) is 3. The van der Waals surface area contributed by atoms with Crippen LogP contribution in [0.3, 0.4) is 0 Å². The molecule has 1 aliphatic rings. The number of nitrogens with one attached hydrogen (secondary N) is 2. The summed E-state index contributed by atoms with van der Waals surface area (Å²) in [6.07, 6.45) is 0.891. The molecule has 1 aromatic rings. The van der Waals surface area contributed by atoms with Gasteiger partial charge in [-0.2, -0.15) is 0 Å². The standard InChI is InChI=1S/C12H16BrN3O/c1-7-9(5-6-14-7)12(17)16-11-4-3-10(13)8(2)15-11/h3-4,7,9,14H,5-6H2,1-2H3,(H,15,16,17). The van der Waals surface area contributed by atoms with Gasteiger partial charge in [0.2, 0.25) is 5.91 Å². The maximum atomic E-state index is 12.0. The van der Waals surface area contributed by atoms with Gasteiger partial charge < -0.3 is 10.6 Å². The van der Waals surface area contributed by atoms with Gasteiger partial charge in [0.15, 0.2) is 0 Å². The van der Waals surface area contributed by atoms with Crippen LogP contribution in [0.4, 0.5) is 5.82 Å². The maximum Gasteiger partial charge on any atom is 0.230 e. The SMILES string of the molecule is Cc1nc(NC(=O)C2CCNC2C)ccc1Br. The van der Waals surface area contributed by atoms with Crippen LogP contribution in [0.25, 0.3) is 0 Å². The molecule has 1 aliphatic heterocycles. The van der Waals surface area contributed by atoms with Crippen LogP contribution >= 0.6 is 15.9 Å². The lowest BCUT2D eigenvalue weighted by Gasteiger charge is -2.14. The van der Waals surface area contributed by atoms with E-state index < -0.39 is 0 Å². The van der Waals surface area contributed by atoms with Crippen LogP contribution in [0.2, 0.25) is 0 Å². The Morgan fingerprint density at radius 1 is 1.59 bits per heavy atom. The number of hydrogen-bond donors (Lipinski definition) is 2. The number of aromatic nitrogens is 1. The van der Waals surface area contributed by atoms with E-state index in [4.69, 9.17) is 0 Å². The van der Waals surface area contributed by atoms with Crippen LogP contribution in [-0.2, 0) is 4.79 Å². The number of anilines is 1. The molecule has 1 amide bonds. The minimum atomic E-state index is 0.0424. The molecule has 2 unspecified atom stereocenters. The fourth-order valence-corrected chi connectivity index (χ4v) is 2.27. The molecule has 2 N–H and O–H groups in total. The number of pyridine rings is 1. The molecular formula is C12H16BrN3O. The summed E-state index contributed by atoms with van der Waals surface area (Å²) < 4.78 is 0.950. The van der Waals surface area contributed by atoms with Crippen molar-refractivity contribution in [3.63, 3.8) is 0 Å². The lowest BCUT2D eigenvalue weighted by Crippen LogP contribution is -2.32. The predicted molar refractivity (Wildman–Crippen MR) is 70.9 cm³/mol. The Kier molecular flexibility index (Phi) is 3.79. The summed E-state index contributed by atoms with van der Waals surface area (Å²) in [4.78, 5) is 16.3. The number of carbonyl (C=O) groups is 1. The highest BCUT2D eigenvalue weighted by atomic mass is 79.9. The van der Waals surface area contributed by atoms with Crippen molar-refractivity contribution in [2.45, 2.75) is 26.3 Å². The third kappa shape index (κ3) is 2.84. The van der Waals surface area contributed by atoms with Crippen LogP contribution in [0.1, 0.15) is 19.0 Å². The van der Waals surface area contributed by atoms with Crippen molar-refractivity contribution >= 4 is 27.7 Å². The molecule has 0 saturated carbocycles. The van der Waals surface area contributed by atoms with Gasteiger partial charge in [0.25, 0.3) is 0 Å². The summed E-state index contributed by atoms with van der Waals surface area (Å²) in [6, 6.07) is 3.95. The average Bonchev–Trinajstić information content (AvgIpc) is 2.70. The molecule has 1 saturated heterocycles. The van der Waals surface area contributed by atoms with E-state index in [1.54, 1.807) is 0 Å². The van der Waals surface area contributed by atoms with Crippen LogP contribution in [0.5, 0.6) is 0 Å². The number of rotatable bonds is 2. The highest BCUT2D eigenvalue weighted by Gasteiger charge is 2.29.